The number of alkyl carbamates (subject to hydrolysis) is 1. The molecule has 0 bridgehead atoms. The van der Waals surface area contributed by atoms with Gasteiger partial charge in [0.05, 0.1) is 0 Å². The highest BCUT2D eigenvalue weighted by atomic mass is 19.4. The number of alkyl halides is 3. The number of carboxylic acid groups (broad SMARTS) is 1. The van der Waals surface area contributed by atoms with Crippen molar-refractivity contribution < 1.29 is 37.3 Å². The summed E-state index contributed by atoms with van der Waals surface area (Å²) in [5, 5.41) is 11.3. The van der Waals surface area contributed by atoms with Crippen LogP contribution in [0.3, 0.4) is 0 Å². The van der Waals surface area contributed by atoms with Gasteiger partial charge in [-0.25, -0.2) is 9.59 Å². The van der Waals surface area contributed by atoms with Crippen LogP contribution in [0.2, 0.25) is 0 Å². The number of carboxylic acids is 1. The van der Waals surface area contributed by atoms with Crippen molar-refractivity contribution in [3.8, 4) is 5.75 Å². The molecule has 0 aromatic heterocycles. The van der Waals surface area contributed by atoms with Gasteiger partial charge < -0.3 is 19.9 Å². The minimum atomic E-state index is -4.91. The second-order valence-electron chi connectivity index (χ2n) is 5.90. The van der Waals surface area contributed by atoms with Crippen LogP contribution in [0.4, 0.5) is 18.0 Å². The van der Waals surface area contributed by atoms with Crippen LogP contribution in [0, 0.1) is 0 Å². The quantitative estimate of drug-likeness (QED) is 0.853. The molecular formula is C15H18F3NO5. The van der Waals surface area contributed by atoms with Crippen molar-refractivity contribution in [2.45, 2.75) is 45.2 Å². The van der Waals surface area contributed by atoms with E-state index < -0.39 is 42.2 Å². The summed E-state index contributed by atoms with van der Waals surface area (Å²) in [5.74, 6) is -1.94. The molecule has 9 heteroatoms. The topological polar surface area (TPSA) is 84.9 Å². The van der Waals surface area contributed by atoms with Crippen molar-refractivity contribution in [1.82, 2.24) is 5.32 Å². The number of hydrogen-bond donors (Lipinski definition) is 2. The zero-order chi connectivity index (χ0) is 18.5. The van der Waals surface area contributed by atoms with Gasteiger partial charge in [0, 0.05) is 6.42 Å². The van der Waals surface area contributed by atoms with Crippen LogP contribution < -0.4 is 10.1 Å². The highest BCUT2D eigenvalue weighted by molar-refractivity contribution is 5.80. The zero-order valence-corrected chi connectivity index (χ0v) is 13.3. The Hall–Kier alpha value is -2.45. The van der Waals surface area contributed by atoms with Crippen molar-refractivity contribution in [3.05, 3.63) is 29.8 Å². The number of hydrogen-bond acceptors (Lipinski definition) is 4. The van der Waals surface area contributed by atoms with E-state index in [2.05, 4.69) is 10.1 Å². The maximum absolute atomic E-state index is 12.4. The van der Waals surface area contributed by atoms with E-state index >= 15 is 0 Å². The Kier molecular flexibility index (Phi) is 6.05. The van der Waals surface area contributed by atoms with Gasteiger partial charge in [-0.15, -0.1) is 13.2 Å². The first kappa shape index (κ1) is 19.6. The molecule has 24 heavy (non-hydrogen) atoms. The SMILES string of the molecule is CC(C)(C)OC(=O)N[C@H](Cc1ccccc1OC(F)(F)F)C(=O)O. The normalized spacial score (nSPS) is 13.1. The fourth-order valence-electron chi connectivity index (χ4n) is 1.77. The van der Waals surface area contributed by atoms with Crippen molar-refractivity contribution in [2.24, 2.45) is 0 Å². The average Bonchev–Trinajstić information content (AvgIpc) is 2.36. The number of aliphatic carboxylic acids is 1. The molecule has 0 saturated heterocycles. The zero-order valence-electron chi connectivity index (χ0n) is 13.3. The lowest BCUT2D eigenvalue weighted by atomic mass is 10.1. The predicted octanol–water partition coefficient (Wildman–Crippen LogP) is 3.11. The third-order valence-electron chi connectivity index (χ3n) is 2.61. The first-order chi connectivity index (χ1) is 10.9. The number of amides is 1. The fourth-order valence-corrected chi connectivity index (χ4v) is 1.77. The highest BCUT2D eigenvalue weighted by Gasteiger charge is 2.33. The summed E-state index contributed by atoms with van der Waals surface area (Å²) in [5.41, 5.74) is -0.858. The van der Waals surface area contributed by atoms with E-state index in [0.29, 0.717) is 0 Å². The highest BCUT2D eigenvalue weighted by Crippen LogP contribution is 2.27. The van der Waals surface area contributed by atoms with E-state index in [1.165, 1.54) is 18.2 Å². The molecule has 0 radical (unpaired) electrons. The van der Waals surface area contributed by atoms with Crippen LogP contribution in [0.15, 0.2) is 24.3 Å². The molecular weight excluding hydrogens is 331 g/mol. The molecule has 0 unspecified atom stereocenters. The lowest BCUT2D eigenvalue weighted by Crippen LogP contribution is -2.44. The summed E-state index contributed by atoms with van der Waals surface area (Å²) in [6.45, 7) is 4.78. The number of ether oxygens (including phenoxy) is 2. The number of benzene rings is 1. The monoisotopic (exact) mass is 349 g/mol. The van der Waals surface area contributed by atoms with Crippen molar-refractivity contribution >= 4 is 12.1 Å². The van der Waals surface area contributed by atoms with Crippen molar-refractivity contribution in [1.29, 1.82) is 0 Å². The van der Waals surface area contributed by atoms with Gasteiger partial charge in [0.2, 0.25) is 0 Å². The maximum Gasteiger partial charge on any atom is 0.573 e. The van der Waals surface area contributed by atoms with Crippen molar-refractivity contribution in [3.63, 3.8) is 0 Å². The van der Waals surface area contributed by atoms with Gasteiger partial charge >= 0.3 is 18.4 Å². The van der Waals surface area contributed by atoms with Crippen LogP contribution in [0.1, 0.15) is 26.3 Å². The summed E-state index contributed by atoms with van der Waals surface area (Å²) in [6.07, 6.45) is -6.29. The third-order valence-corrected chi connectivity index (χ3v) is 2.61. The maximum atomic E-state index is 12.4. The number of carbonyl (C=O) groups excluding carboxylic acids is 1. The Bertz CT molecular complexity index is 596. The minimum absolute atomic E-state index is 0.0155. The Balaban J connectivity index is 2.90. The predicted molar refractivity (Wildman–Crippen MR) is 77.6 cm³/mol. The van der Waals surface area contributed by atoms with Gasteiger partial charge in [-0.2, -0.15) is 0 Å². The van der Waals surface area contributed by atoms with Crippen LogP contribution in [0.5, 0.6) is 5.75 Å². The molecule has 0 saturated carbocycles. The summed E-state index contributed by atoms with van der Waals surface area (Å²) >= 11 is 0. The van der Waals surface area contributed by atoms with Gasteiger partial charge in [-0.1, -0.05) is 18.2 Å². The van der Waals surface area contributed by atoms with Gasteiger partial charge in [0.1, 0.15) is 17.4 Å². The third kappa shape index (κ3) is 7.21. The number of rotatable bonds is 5. The number of carbonyl (C=O) groups is 2. The largest absolute Gasteiger partial charge is 0.573 e. The first-order valence-corrected chi connectivity index (χ1v) is 6.93. The Morgan fingerprint density at radius 3 is 2.29 bits per heavy atom. The molecule has 0 aliphatic carbocycles. The number of halogens is 3. The van der Waals surface area contributed by atoms with E-state index in [-0.39, 0.29) is 5.56 Å². The smallest absolute Gasteiger partial charge is 0.480 e. The summed E-state index contributed by atoms with van der Waals surface area (Å²) in [4.78, 5) is 22.9. The molecule has 1 amide bonds. The van der Waals surface area contributed by atoms with Gasteiger partial charge in [-0.05, 0) is 32.4 Å². The summed E-state index contributed by atoms with van der Waals surface area (Å²) in [6, 6.07) is 3.63. The lowest BCUT2D eigenvalue weighted by Gasteiger charge is -2.22. The van der Waals surface area contributed by atoms with Gasteiger partial charge in [0.25, 0.3) is 0 Å². The van der Waals surface area contributed by atoms with E-state index in [4.69, 9.17) is 4.74 Å². The molecule has 1 rings (SSSR count). The molecule has 134 valence electrons. The summed E-state index contributed by atoms with van der Waals surface area (Å²) in [7, 11) is 0. The molecule has 1 aromatic rings. The van der Waals surface area contributed by atoms with Crippen LogP contribution in [0.25, 0.3) is 0 Å². The van der Waals surface area contributed by atoms with Gasteiger partial charge in [0.15, 0.2) is 0 Å². The fraction of sp³-hybridized carbons (Fsp3) is 0.467. The second kappa shape index (κ2) is 7.41. The molecule has 2 N–H and O–H groups in total. The van der Waals surface area contributed by atoms with E-state index in [1.807, 2.05) is 0 Å². The first-order valence-electron chi connectivity index (χ1n) is 6.93. The standard InChI is InChI=1S/C15H18F3NO5/c1-14(2,3)24-13(22)19-10(12(20)21)8-9-6-4-5-7-11(9)23-15(16,17)18/h4-7,10H,8H2,1-3H3,(H,19,22)(H,20,21)/t10-/m1/s1. The second-order valence-corrected chi connectivity index (χ2v) is 5.90. The average molecular weight is 349 g/mol. The number of para-hydroxylation sites is 1. The summed E-state index contributed by atoms with van der Waals surface area (Å²) < 4.78 is 46.0. The molecule has 0 fully saturated rings. The minimum Gasteiger partial charge on any atom is -0.480 e. The number of nitrogens with one attached hydrogen (secondary N) is 1. The molecule has 0 spiro atoms. The Labute approximate surface area is 136 Å². The molecule has 0 heterocycles. The van der Waals surface area contributed by atoms with E-state index in [9.17, 15) is 27.9 Å². The molecule has 0 aliphatic heterocycles. The lowest BCUT2D eigenvalue weighted by molar-refractivity contribution is -0.274. The molecule has 1 atom stereocenters. The molecule has 0 aliphatic rings. The van der Waals surface area contributed by atoms with Crippen LogP contribution in [-0.2, 0) is 16.0 Å². The van der Waals surface area contributed by atoms with Gasteiger partial charge in [-0.3, -0.25) is 0 Å². The van der Waals surface area contributed by atoms with Crippen molar-refractivity contribution in [2.75, 3.05) is 0 Å². The van der Waals surface area contributed by atoms with E-state index in [1.54, 1.807) is 20.8 Å². The van der Waals surface area contributed by atoms with Crippen LogP contribution in [-0.4, -0.2) is 35.2 Å². The Morgan fingerprint density at radius 1 is 1.21 bits per heavy atom. The van der Waals surface area contributed by atoms with E-state index in [0.717, 1.165) is 6.07 Å². The molecule has 1 aromatic carbocycles. The Morgan fingerprint density at radius 2 is 1.79 bits per heavy atom. The molecule has 6 nitrogen and oxygen atoms in total. The van der Waals surface area contributed by atoms with Crippen LogP contribution >= 0.6 is 0 Å².